The van der Waals surface area contributed by atoms with Crippen molar-refractivity contribution in [1.82, 2.24) is 19.9 Å². The van der Waals surface area contributed by atoms with Crippen molar-refractivity contribution in [3.05, 3.63) is 69.2 Å². The molecule has 0 spiro atoms. The Kier molecular flexibility index (Phi) is 7.45. The van der Waals surface area contributed by atoms with Gasteiger partial charge in [0, 0.05) is 38.3 Å². The Balaban J connectivity index is 1.54. The van der Waals surface area contributed by atoms with Crippen molar-refractivity contribution in [3.8, 4) is 16.9 Å². The van der Waals surface area contributed by atoms with Crippen molar-refractivity contribution in [1.29, 1.82) is 0 Å². The average molecular weight is 580 g/mol. The molecule has 9 nitrogen and oxygen atoms in total. The second-order valence-electron chi connectivity index (χ2n) is 9.83. The molecular weight excluding hydrogens is 546 g/mol. The first kappa shape index (κ1) is 27.9. The van der Waals surface area contributed by atoms with E-state index < -0.39 is 10.0 Å². The number of rotatable bonds is 9. The van der Waals surface area contributed by atoms with Gasteiger partial charge in [0.05, 0.1) is 24.4 Å². The van der Waals surface area contributed by atoms with Crippen LogP contribution in [-0.2, 0) is 23.0 Å². The molecule has 4 aromatic heterocycles. The summed E-state index contributed by atoms with van der Waals surface area (Å²) in [5.74, 6) is 1.36. The number of aromatic nitrogens is 4. The zero-order valence-electron chi connectivity index (χ0n) is 23.7. The molecule has 4 heterocycles. The smallest absolute Gasteiger partial charge is 0.273 e. The second kappa shape index (κ2) is 10.7. The number of sulfonamides is 1. The molecule has 0 aliphatic heterocycles. The highest BCUT2D eigenvalue weighted by molar-refractivity contribution is 7.94. The summed E-state index contributed by atoms with van der Waals surface area (Å²) in [5.41, 5.74) is 6.93. The topological polar surface area (TPSA) is 112 Å². The van der Waals surface area contributed by atoms with E-state index in [1.807, 2.05) is 56.6 Å². The molecule has 0 aliphatic carbocycles. The molecule has 0 saturated heterocycles. The fourth-order valence-electron chi connectivity index (χ4n) is 4.86. The number of ether oxygens (including phenoxy) is 1. The Morgan fingerprint density at radius 3 is 2.48 bits per heavy atom. The van der Waals surface area contributed by atoms with E-state index in [1.54, 1.807) is 13.8 Å². The summed E-state index contributed by atoms with van der Waals surface area (Å²) in [6.45, 7) is 14.4. The number of hydrogen-bond donors (Lipinski definition) is 1. The van der Waals surface area contributed by atoms with E-state index in [0.717, 1.165) is 44.8 Å². The van der Waals surface area contributed by atoms with Crippen molar-refractivity contribution >= 4 is 38.1 Å². The fourth-order valence-corrected chi connectivity index (χ4v) is 7.56. The number of hydrogen-bond acceptors (Lipinski definition) is 8. The SMILES string of the molecule is CCOc1cc(Cn2nc(C)c3c(C)nc(CC)cc32)ccc1-c1cc(C)sc1S(=O)(=O)Nc1noc(C)c1C. The van der Waals surface area contributed by atoms with E-state index in [4.69, 9.17) is 19.3 Å². The Morgan fingerprint density at radius 2 is 1.80 bits per heavy atom. The number of fused-ring (bicyclic) bond motifs is 1. The lowest BCUT2D eigenvalue weighted by atomic mass is 10.0. The summed E-state index contributed by atoms with van der Waals surface area (Å²) in [6, 6.07) is 9.88. The standard InChI is InChI=1S/C29H33N5O4S2/c1-8-22-14-25-27(18(5)30-22)19(6)31-34(25)15-21-10-11-23(26(13-21)37-9-2)24-12-16(3)39-29(24)40(35,36)33-28-17(4)20(7)38-32-28/h10-14H,8-9,15H2,1-7H3,(H,32,33). The minimum atomic E-state index is -3.93. The molecule has 5 aromatic rings. The van der Waals surface area contributed by atoms with Gasteiger partial charge < -0.3 is 9.26 Å². The maximum atomic E-state index is 13.5. The largest absolute Gasteiger partial charge is 0.493 e. The van der Waals surface area contributed by atoms with Gasteiger partial charge in [-0.1, -0.05) is 24.2 Å². The van der Waals surface area contributed by atoms with Crippen LogP contribution in [0.15, 0.2) is 39.1 Å². The summed E-state index contributed by atoms with van der Waals surface area (Å²) < 4.78 is 43.0. The Hall–Kier alpha value is -3.70. The highest BCUT2D eigenvalue weighted by Gasteiger charge is 2.27. The van der Waals surface area contributed by atoms with Crippen molar-refractivity contribution < 1.29 is 17.7 Å². The fraction of sp³-hybridized carbons (Fsp3) is 0.345. The number of nitrogens with one attached hydrogen (secondary N) is 1. The summed E-state index contributed by atoms with van der Waals surface area (Å²) in [5, 5.41) is 9.76. The number of anilines is 1. The molecule has 0 amide bonds. The van der Waals surface area contributed by atoms with Crippen LogP contribution in [0, 0.1) is 34.6 Å². The van der Waals surface area contributed by atoms with Gasteiger partial charge in [-0.15, -0.1) is 11.3 Å². The molecule has 5 rings (SSSR count). The maximum Gasteiger partial charge on any atom is 0.273 e. The molecule has 40 heavy (non-hydrogen) atoms. The predicted molar refractivity (Wildman–Crippen MR) is 158 cm³/mol. The van der Waals surface area contributed by atoms with Crippen LogP contribution in [0.4, 0.5) is 5.82 Å². The molecule has 0 unspecified atom stereocenters. The van der Waals surface area contributed by atoms with Crippen molar-refractivity contribution in [2.75, 3.05) is 11.3 Å². The van der Waals surface area contributed by atoms with Crippen molar-refractivity contribution in [2.45, 2.75) is 65.6 Å². The molecule has 1 N–H and O–H groups in total. The maximum absolute atomic E-state index is 13.5. The van der Waals surface area contributed by atoms with Gasteiger partial charge in [0.15, 0.2) is 5.82 Å². The normalized spacial score (nSPS) is 11.9. The number of benzene rings is 1. The summed E-state index contributed by atoms with van der Waals surface area (Å²) in [4.78, 5) is 5.58. The van der Waals surface area contributed by atoms with E-state index in [2.05, 4.69) is 22.9 Å². The van der Waals surface area contributed by atoms with Gasteiger partial charge in [0.2, 0.25) is 0 Å². The summed E-state index contributed by atoms with van der Waals surface area (Å²) >= 11 is 1.21. The zero-order valence-corrected chi connectivity index (χ0v) is 25.4. The molecule has 1 aromatic carbocycles. The lowest BCUT2D eigenvalue weighted by Gasteiger charge is -2.14. The Morgan fingerprint density at radius 1 is 1.02 bits per heavy atom. The molecule has 0 aliphatic rings. The lowest BCUT2D eigenvalue weighted by molar-refractivity contribution is 0.341. The van der Waals surface area contributed by atoms with Gasteiger partial charge in [-0.2, -0.15) is 5.10 Å². The number of pyridine rings is 1. The average Bonchev–Trinajstić information content (AvgIpc) is 3.55. The van der Waals surface area contributed by atoms with E-state index in [1.165, 1.54) is 11.3 Å². The second-order valence-corrected chi connectivity index (χ2v) is 13.0. The molecule has 210 valence electrons. The minimum absolute atomic E-state index is 0.188. The molecule has 0 saturated carbocycles. The number of aryl methyl sites for hydroxylation is 5. The van der Waals surface area contributed by atoms with Gasteiger partial charge in [-0.25, -0.2) is 8.42 Å². The molecule has 11 heteroatoms. The van der Waals surface area contributed by atoms with E-state index in [9.17, 15) is 8.42 Å². The molecular formula is C29H33N5O4S2. The first-order chi connectivity index (χ1) is 19.0. The quantitative estimate of drug-likeness (QED) is 0.212. The summed E-state index contributed by atoms with van der Waals surface area (Å²) in [6.07, 6.45) is 0.847. The van der Waals surface area contributed by atoms with Gasteiger partial charge in [-0.3, -0.25) is 14.4 Å². The van der Waals surface area contributed by atoms with E-state index >= 15 is 0 Å². The monoisotopic (exact) mass is 579 g/mol. The van der Waals surface area contributed by atoms with Gasteiger partial charge >= 0.3 is 0 Å². The molecule has 0 atom stereocenters. The van der Waals surface area contributed by atoms with Crippen LogP contribution < -0.4 is 9.46 Å². The Bertz CT molecular complexity index is 1830. The predicted octanol–water partition coefficient (Wildman–Crippen LogP) is 6.50. The van der Waals surface area contributed by atoms with Crippen molar-refractivity contribution in [2.24, 2.45) is 0 Å². The van der Waals surface area contributed by atoms with Crippen LogP contribution in [0.2, 0.25) is 0 Å². The minimum Gasteiger partial charge on any atom is -0.493 e. The van der Waals surface area contributed by atoms with Crippen LogP contribution >= 0.6 is 11.3 Å². The summed E-state index contributed by atoms with van der Waals surface area (Å²) in [7, 11) is -3.93. The first-order valence-electron chi connectivity index (χ1n) is 13.2. The third-order valence-corrected chi connectivity index (χ3v) is 9.85. The first-order valence-corrected chi connectivity index (χ1v) is 15.5. The molecule has 0 fully saturated rings. The Labute approximate surface area is 238 Å². The molecule has 0 radical (unpaired) electrons. The third-order valence-electron chi connectivity index (χ3n) is 6.93. The van der Waals surface area contributed by atoms with Crippen LogP contribution in [0.3, 0.4) is 0 Å². The number of nitrogens with zero attached hydrogens (tertiary/aromatic N) is 4. The van der Waals surface area contributed by atoms with Gasteiger partial charge in [0.1, 0.15) is 15.7 Å². The van der Waals surface area contributed by atoms with Crippen LogP contribution in [0.25, 0.3) is 22.0 Å². The van der Waals surface area contributed by atoms with Crippen LogP contribution in [0.5, 0.6) is 5.75 Å². The van der Waals surface area contributed by atoms with Crippen LogP contribution in [-0.4, -0.2) is 34.9 Å². The van der Waals surface area contributed by atoms with Crippen molar-refractivity contribution in [3.63, 3.8) is 0 Å². The third kappa shape index (κ3) is 5.11. The molecule has 0 bridgehead atoms. The van der Waals surface area contributed by atoms with E-state index in [-0.39, 0.29) is 10.0 Å². The highest BCUT2D eigenvalue weighted by Crippen LogP contribution is 2.41. The number of thiophene rings is 1. The van der Waals surface area contributed by atoms with E-state index in [0.29, 0.717) is 41.4 Å². The van der Waals surface area contributed by atoms with Gasteiger partial charge in [-0.05, 0) is 71.7 Å². The highest BCUT2D eigenvalue weighted by atomic mass is 32.2. The van der Waals surface area contributed by atoms with Crippen LogP contribution in [0.1, 0.15) is 52.7 Å². The lowest BCUT2D eigenvalue weighted by Crippen LogP contribution is -2.13. The zero-order chi connectivity index (χ0) is 28.8. The van der Waals surface area contributed by atoms with Gasteiger partial charge in [0.25, 0.3) is 10.0 Å².